The number of methoxy groups -OCH3 is 1. The van der Waals surface area contributed by atoms with Gasteiger partial charge in [0.15, 0.2) is 10.2 Å². The number of carbonyl (C=O) groups excluding carboxylic acids is 1. The first-order valence-corrected chi connectivity index (χ1v) is 9.86. The van der Waals surface area contributed by atoms with Crippen LogP contribution in [-0.2, 0) is 4.79 Å². The van der Waals surface area contributed by atoms with E-state index in [9.17, 15) is 4.79 Å². The van der Waals surface area contributed by atoms with Crippen LogP contribution in [0.2, 0.25) is 5.02 Å². The van der Waals surface area contributed by atoms with Crippen molar-refractivity contribution in [3.8, 4) is 17.1 Å². The van der Waals surface area contributed by atoms with Gasteiger partial charge >= 0.3 is 0 Å². The molecular weight excluding hydrogens is 390 g/mol. The minimum absolute atomic E-state index is 0.164. The van der Waals surface area contributed by atoms with E-state index in [4.69, 9.17) is 16.3 Å². The van der Waals surface area contributed by atoms with E-state index in [2.05, 4.69) is 14.7 Å². The average molecular weight is 406 g/mol. The lowest BCUT2D eigenvalue weighted by atomic mass is 10.1. The number of nitrogens with one attached hydrogen (secondary N) is 1. The molecule has 0 bridgehead atoms. The van der Waals surface area contributed by atoms with E-state index in [0.717, 1.165) is 15.5 Å². The fourth-order valence-electron chi connectivity index (χ4n) is 2.29. The number of rotatable bonds is 6. The monoisotopic (exact) mass is 405 g/mol. The number of aryl methyl sites for hydroxylation is 1. The van der Waals surface area contributed by atoms with Crippen LogP contribution < -0.4 is 10.1 Å². The molecule has 2 aromatic carbocycles. The minimum Gasteiger partial charge on any atom is -0.495 e. The summed E-state index contributed by atoms with van der Waals surface area (Å²) in [5.41, 5.74) is 2.67. The molecule has 0 saturated carbocycles. The van der Waals surface area contributed by atoms with Gasteiger partial charge in [-0.25, -0.2) is 4.98 Å². The maximum absolute atomic E-state index is 12.2. The number of hydrogen-bond donors (Lipinski definition) is 1. The number of carbonyl (C=O) groups is 1. The smallest absolute Gasteiger partial charge is 0.234 e. The number of thioether (sulfide) groups is 1. The highest BCUT2D eigenvalue weighted by molar-refractivity contribution is 8.01. The summed E-state index contributed by atoms with van der Waals surface area (Å²) < 4.78 is 10.4. The quantitative estimate of drug-likeness (QED) is 0.590. The van der Waals surface area contributed by atoms with Crippen molar-refractivity contribution in [2.24, 2.45) is 0 Å². The Kier molecular flexibility index (Phi) is 6.13. The summed E-state index contributed by atoms with van der Waals surface area (Å²) in [5, 5.41) is 3.34. The van der Waals surface area contributed by atoms with Gasteiger partial charge in [0.25, 0.3) is 0 Å². The van der Waals surface area contributed by atoms with Crippen LogP contribution in [0.5, 0.6) is 5.75 Å². The summed E-state index contributed by atoms with van der Waals surface area (Å²) in [4.78, 5) is 16.7. The lowest BCUT2D eigenvalue weighted by Crippen LogP contribution is -2.14. The second kappa shape index (κ2) is 8.53. The summed E-state index contributed by atoms with van der Waals surface area (Å²) in [6, 6.07) is 13.0. The zero-order valence-electron chi connectivity index (χ0n) is 14.2. The summed E-state index contributed by atoms with van der Waals surface area (Å²) in [7, 11) is 1.54. The van der Waals surface area contributed by atoms with Gasteiger partial charge in [-0.05, 0) is 42.2 Å². The number of amides is 1. The first kappa shape index (κ1) is 18.7. The largest absolute Gasteiger partial charge is 0.495 e. The highest BCUT2D eigenvalue weighted by Crippen LogP contribution is 2.29. The number of aromatic nitrogens is 2. The Hall–Kier alpha value is -2.09. The molecule has 26 heavy (non-hydrogen) atoms. The third-order valence-corrected chi connectivity index (χ3v) is 5.62. The molecule has 1 N–H and O–H groups in total. The van der Waals surface area contributed by atoms with E-state index < -0.39 is 0 Å². The van der Waals surface area contributed by atoms with Gasteiger partial charge in [-0.15, -0.1) is 0 Å². The Balaban J connectivity index is 1.62. The second-order valence-electron chi connectivity index (χ2n) is 5.38. The normalized spacial score (nSPS) is 10.6. The molecule has 134 valence electrons. The molecule has 1 heterocycles. The van der Waals surface area contributed by atoms with Crippen molar-refractivity contribution in [1.29, 1.82) is 0 Å². The maximum atomic E-state index is 12.2. The molecule has 1 aromatic heterocycles. The van der Waals surface area contributed by atoms with Gasteiger partial charge < -0.3 is 10.1 Å². The molecule has 5 nitrogen and oxygen atoms in total. The lowest BCUT2D eigenvalue weighted by Gasteiger charge is -2.10. The van der Waals surface area contributed by atoms with Crippen LogP contribution >= 0.6 is 34.9 Å². The number of ether oxygens (including phenoxy) is 1. The number of anilines is 1. The summed E-state index contributed by atoms with van der Waals surface area (Å²) >= 11 is 8.61. The van der Waals surface area contributed by atoms with Gasteiger partial charge in [0.2, 0.25) is 5.91 Å². The first-order valence-electron chi connectivity index (χ1n) is 7.72. The average Bonchev–Trinajstić information content (AvgIpc) is 3.09. The van der Waals surface area contributed by atoms with Gasteiger partial charge in [-0.1, -0.05) is 47.6 Å². The third kappa shape index (κ3) is 4.55. The Labute approximate surface area is 164 Å². The molecule has 0 atom stereocenters. The van der Waals surface area contributed by atoms with Crippen LogP contribution in [0.25, 0.3) is 11.4 Å². The standard InChI is InChI=1S/C18H16ClN3O2S2/c1-11-5-3-4-6-13(11)17-21-18(26-22-17)25-10-16(23)20-14-9-12(19)7-8-15(14)24-2/h3-9H,10H2,1-2H3,(H,20,23). The maximum Gasteiger partial charge on any atom is 0.234 e. The van der Waals surface area contributed by atoms with Crippen LogP contribution in [0.15, 0.2) is 46.8 Å². The zero-order valence-corrected chi connectivity index (χ0v) is 16.5. The van der Waals surface area contributed by atoms with Crippen molar-refractivity contribution in [2.75, 3.05) is 18.2 Å². The molecule has 0 spiro atoms. The van der Waals surface area contributed by atoms with E-state index in [1.807, 2.05) is 31.2 Å². The second-order valence-corrected chi connectivity index (χ2v) is 7.79. The number of benzene rings is 2. The van der Waals surface area contributed by atoms with Crippen molar-refractivity contribution >= 4 is 46.5 Å². The van der Waals surface area contributed by atoms with Crippen LogP contribution in [-0.4, -0.2) is 28.1 Å². The van der Waals surface area contributed by atoms with E-state index in [1.54, 1.807) is 25.3 Å². The molecule has 8 heteroatoms. The Morgan fingerprint density at radius 2 is 2.12 bits per heavy atom. The predicted molar refractivity (Wildman–Crippen MR) is 107 cm³/mol. The van der Waals surface area contributed by atoms with Crippen LogP contribution in [0.1, 0.15) is 5.56 Å². The molecule has 0 radical (unpaired) electrons. The molecule has 0 saturated heterocycles. The van der Waals surface area contributed by atoms with Crippen molar-refractivity contribution in [3.63, 3.8) is 0 Å². The van der Waals surface area contributed by atoms with Crippen molar-refractivity contribution in [1.82, 2.24) is 9.36 Å². The van der Waals surface area contributed by atoms with Crippen LogP contribution in [0, 0.1) is 6.92 Å². The number of nitrogens with zero attached hydrogens (tertiary/aromatic N) is 2. The van der Waals surface area contributed by atoms with Crippen LogP contribution in [0.3, 0.4) is 0 Å². The fourth-order valence-corrected chi connectivity index (χ4v) is 3.87. The van der Waals surface area contributed by atoms with Gasteiger partial charge in [0, 0.05) is 10.6 Å². The minimum atomic E-state index is -0.164. The molecule has 0 aliphatic carbocycles. The third-order valence-electron chi connectivity index (χ3n) is 3.56. The molecule has 1 amide bonds. The molecule has 0 aliphatic rings. The highest BCUT2D eigenvalue weighted by Gasteiger charge is 2.12. The molecule has 3 rings (SSSR count). The van der Waals surface area contributed by atoms with E-state index in [-0.39, 0.29) is 11.7 Å². The van der Waals surface area contributed by atoms with Crippen molar-refractivity contribution in [3.05, 3.63) is 53.1 Å². The van der Waals surface area contributed by atoms with E-state index >= 15 is 0 Å². The molecule has 0 aliphatic heterocycles. The Morgan fingerprint density at radius 1 is 1.31 bits per heavy atom. The van der Waals surface area contributed by atoms with Crippen molar-refractivity contribution in [2.45, 2.75) is 11.3 Å². The molecule has 0 unspecified atom stereocenters. The lowest BCUT2D eigenvalue weighted by molar-refractivity contribution is -0.113. The summed E-state index contributed by atoms with van der Waals surface area (Å²) in [6.45, 7) is 2.02. The first-order chi connectivity index (χ1) is 12.6. The van der Waals surface area contributed by atoms with Crippen molar-refractivity contribution < 1.29 is 9.53 Å². The number of halogens is 1. The summed E-state index contributed by atoms with van der Waals surface area (Å²) in [6.07, 6.45) is 0. The number of hydrogen-bond acceptors (Lipinski definition) is 6. The Bertz CT molecular complexity index is 930. The fraction of sp³-hybridized carbons (Fsp3) is 0.167. The van der Waals surface area contributed by atoms with Crippen LogP contribution in [0.4, 0.5) is 5.69 Å². The van der Waals surface area contributed by atoms with E-state index in [1.165, 1.54) is 23.3 Å². The summed E-state index contributed by atoms with van der Waals surface area (Å²) in [5.74, 6) is 1.30. The van der Waals surface area contributed by atoms with Gasteiger partial charge in [-0.3, -0.25) is 4.79 Å². The van der Waals surface area contributed by atoms with Gasteiger partial charge in [0.05, 0.1) is 18.6 Å². The SMILES string of the molecule is COc1ccc(Cl)cc1NC(=O)CSc1nc(-c2ccccc2C)ns1. The van der Waals surface area contributed by atoms with E-state index in [0.29, 0.717) is 22.3 Å². The molecule has 0 fully saturated rings. The van der Waals surface area contributed by atoms with Gasteiger partial charge in [-0.2, -0.15) is 4.37 Å². The van der Waals surface area contributed by atoms with Gasteiger partial charge in [0.1, 0.15) is 5.75 Å². The highest BCUT2D eigenvalue weighted by atomic mass is 35.5. The molecule has 3 aromatic rings. The molecular formula is C18H16ClN3O2S2. The Morgan fingerprint density at radius 3 is 2.88 bits per heavy atom. The zero-order chi connectivity index (χ0) is 18.5. The predicted octanol–water partition coefficient (Wildman–Crippen LogP) is 4.91. The topological polar surface area (TPSA) is 64.1 Å².